The van der Waals surface area contributed by atoms with Crippen molar-refractivity contribution in [1.82, 2.24) is 25.5 Å². The third-order valence-corrected chi connectivity index (χ3v) is 2.59. The van der Waals surface area contributed by atoms with Crippen molar-refractivity contribution < 1.29 is 0 Å². The molecule has 82 valence electrons. The largest absolute Gasteiger partial charge is 0.307 e. The van der Waals surface area contributed by atoms with Gasteiger partial charge in [-0.2, -0.15) is 5.10 Å². The van der Waals surface area contributed by atoms with E-state index in [0.29, 0.717) is 11.9 Å². The van der Waals surface area contributed by atoms with Crippen LogP contribution in [0, 0.1) is 0 Å². The molecule has 0 atom stereocenters. The number of hydrogen-bond acceptors (Lipinski definition) is 4. The van der Waals surface area contributed by atoms with Crippen LogP contribution in [0.3, 0.4) is 0 Å². The van der Waals surface area contributed by atoms with Gasteiger partial charge in [0.05, 0.1) is 6.54 Å². The van der Waals surface area contributed by atoms with E-state index in [1.54, 1.807) is 12.4 Å². The minimum atomic E-state index is 0.687. The highest BCUT2D eigenvalue weighted by Gasteiger charge is 2.20. The SMILES string of the molecule is c1cncc(-c2n[nH]c(CNC3CC3)n2)c1. The predicted octanol–water partition coefficient (Wildman–Crippen LogP) is 1.12. The maximum atomic E-state index is 4.41. The summed E-state index contributed by atoms with van der Waals surface area (Å²) in [7, 11) is 0. The van der Waals surface area contributed by atoms with E-state index in [1.165, 1.54) is 12.8 Å². The Morgan fingerprint density at radius 2 is 2.38 bits per heavy atom. The average Bonchev–Trinajstić information content (AvgIpc) is 3.05. The molecule has 1 aliphatic rings. The standard InChI is InChI=1S/C11H13N5/c1-2-8(6-12-5-1)11-14-10(15-16-11)7-13-9-3-4-9/h1-2,5-6,9,13H,3-4,7H2,(H,14,15,16). The van der Waals surface area contributed by atoms with Crippen LogP contribution in [-0.2, 0) is 6.54 Å². The molecule has 1 aliphatic carbocycles. The summed E-state index contributed by atoms with van der Waals surface area (Å²) in [5.41, 5.74) is 0.941. The molecule has 1 fully saturated rings. The minimum absolute atomic E-state index is 0.687. The molecule has 0 amide bonds. The Morgan fingerprint density at radius 3 is 3.12 bits per heavy atom. The Kier molecular flexibility index (Phi) is 2.38. The van der Waals surface area contributed by atoms with Gasteiger partial charge in [0, 0.05) is 24.0 Å². The zero-order chi connectivity index (χ0) is 10.8. The first-order chi connectivity index (χ1) is 7.92. The number of aromatic nitrogens is 4. The highest BCUT2D eigenvalue weighted by molar-refractivity contribution is 5.52. The zero-order valence-electron chi connectivity index (χ0n) is 8.85. The number of H-pyrrole nitrogens is 1. The Labute approximate surface area is 93.3 Å². The van der Waals surface area contributed by atoms with Crippen molar-refractivity contribution in [2.75, 3.05) is 0 Å². The summed E-state index contributed by atoms with van der Waals surface area (Å²) in [6.07, 6.45) is 6.07. The molecule has 0 bridgehead atoms. The summed E-state index contributed by atoms with van der Waals surface area (Å²) in [6, 6.07) is 4.52. The van der Waals surface area contributed by atoms with Crippen molar-refractivity contribution in [2.45, 2.75) is 25.4 Å². The maximum absolute atomic E-state index is 4.41. The molecule has 2 N–H and O–H groups in total. The summed E-state index contributed by atoms with van der Waals surface area (Å²) in [5.74, 6) is 1.59. The molecule has 2 aromatic rings. The van der Waals surface area contributed by atoms with Crippen molar-refractivity contribution >= 4 is 0 Å². The molecule has 0 spiro atoms. The van der Waals surface area contributed by atoms with Gasteiger partial charge >= 0.3 is 0 Å². The number of pyridine rings is 1. The topological polar surface area (TPSA) is 66.5 Å². The van der Waals surface area contributed by atoms with E-state index in [0.717, 1.165) is 17.9 Å². The lowest BCUT2D eigenvalue weighted by Crippen LogP contribution is -2.16. The van der Waals surface area contributed by atoms with Gasteiger partial charge in [-0.25, -0.2) is 4.98 Å². The van der Waals surface area contributed by atoms with Crippen LogP contribution >= 0.6 is 0 Å². The fraction of sp³-hybridized carbons (Fsp3) is 0.364. The molecule has 0 aliphatic heterocycles. The molecule has 0 aromatic carbocycles. The summed E-state index contributed by atoms with van der Waals surface area (Å²) >= 11 is 0. The summed E-state index contributed by atoms with van der Waals surface area (Å²) in [6.45, 7) is 0.762. The van der Waals surface area contributed by atoms with Gasteiger partial charge in [0.1, 0.15) is 5.82 Å². The Morgan fingerprint density at radius 1 is 1.44 bits per heavy atom. The second kappa shape index (κ2) is 4.02. The van der Waals surface area contributed by atoms with Crippen LogP contribution in [-0.4, -0.2) is 26.2 Å². The quantitative estimate of drug-likeness (QED) is 0.802. The van der Waals surface area contributed by atoms with E-state index in [9.17, 15) is 0 Å². The van der Waals surface area contributed by atoms with Crippen LogP contribution in [0.15, 0.2) is 24.5 Å². The van der Waals surface area contributed by atoms with E-state index in [2.05, 4.69) is 25.5 Å². The lowest BCUT2D eigenvalue weighted by atomic mass is 10.3. The van der Waals surface area contributed by atoms with Crippen molar-refractivity contribution in [3.05, 3.63) is 30.4 Å². The monoisotopic (exact) mass is 215 g/mol. The van der Waals surface area contributed by atoms with Crippen molar-refractivity contribution in [3.63, 3.8) is 0 Å². The molecule has 16 heavy (non-hydrogen) atoms. The van der Waals surface area contributed by atoms with Crippen LogP contribution in [0.4, 0.5) is 0 Å². The first kappa shape index (κ1) is 9.47. The molecule has 0 saturated heterocycles. The molecule has 5 heteroatoms. The van der Waals surface area contributed by atoms with E-state index in [1.807, 2.05) is 12.1 Å². The van der Waals surface area contributed by atoms with E-state index >= 15 is 0 Å². The molecular weight excluding hydrogens is 202 g/mol. The fourth-order valence-electron chi connectivity index (χ4n) is 1.53. The Balaban J connectivity index is 1.71. The molecule has 3 rings (SSSR count). The van der Waals surface area contributed by atoms with Crippen LogP contribution in [0.2, 0.25) is 0 Å². The highest BCUT2D eigenvalue weighted by atomic mass is 15.2. The summed E-state index contributed by atoms with van der Waals surface area (Å²) in [5, 5.41) is 10.5. The highest BCUT2D eigenvalue weighted by Crippen LogP contribution is 2.19. The normalized spacial score (nSPS) is 15.2. The van der Waals surface area contributed by atoms with Gasteiger partial charge in [-0.05, 0) is 25.0 Å². The molecular formula is C11H13N5. The molecule has 0 unspecified atom stereocenters. The smallest absolute Gasteiger partial charge is 0.182 e. The van der Waals surface area contributed by atoms with E-state index in [-0.39, 0.29) is 0 Å². The van der Waals surface area contributed by atoms with Crippen LogP contribution in [0.1, 0.15) is 18.7 Å². The van der Waals surface area contributed by atoms with Gasteiger partial charge in [0.25, 0.3) is 0 Å². The molecule has 2 heterocycles. The average molecular weight is 215 g/mol. The maximum Gasteiger partial charge on any atom is 0.182 e. The van der Waals surface area contributed by atoms with Gasteiger partial charge in [-0.1, -0.05) is 0 Å². The number of nitrogens with one attached hydrogen (secondary N) is 2. The lowest BCUT2D eigenvalue weighted by Gasteiger charge is -1.96. The van der Waals surface area contributed by atoms with Crippen LogP contribution in [0.25, 0.3) is 11.4 Å². The summed E-state index contributed by atoms with van der Waals surface area (Å²) < 4.78 is 0. The Bertz CT molecular complexity index is 460. The third kappa shape index (κ3) is 2.09. The van der Waals surface area contributed by atoms with Gasteiger partial charge < -0.3 is 5.32 Å². The first-order valence-corrected chi connectivity index (χ1v) is 5.47. The van der Waals surface area contributed by atoms with Crippen molar-refractivity contribution in [3.8, 4) is 11.4 Å². The zero-order valence-corrected chi connectivity index (χ0v) is 8.85. The number of aromatic amines is 1. The van der Waals surface area contributed by atoms with Gasteiger partial charge in [0.15, 0.2) is 5.82 Å². The second-order valence-electron chi connectivity index (χ2n) is 4.00. The first-order valence-electron chi connectivity index (χ1n) is 5.47. The molecule has 1 saturated carbocycles. The third-order valence-electron chi connectivity index (χ3n) is 2.59. The van der Waals surface area contributed by atoms with Crippen molar-refractivity contribution in [1.29, 1.82) is 0 Å². The van der Waals surface area contributed by atoms with Crippen LogP contribution in [0.5, 0.6) is 0 Å². The number of nitrogens with zero attached hydrogens (tertiary/aromatic N) is 3. The summed E-state index contributed by atoms with van der Waals surface area (Å²) in [4.78, 5) is 8.46. The predicted molar refractivity (Wildman–Crippen MR) is 59.5 cm³/mol. The van der Waals surface area contributed by atoms with Crippen molar-refractivity contribution in [2.24, 2.45) is 0 Å². The fourth-order valence-corrected chi connectivity index (χ4v) is 1.53. The number of hydrogen-bond donors (Lipinski definition) is 2. The Hall–Kier alpha value is -1.75. The molecule has 5 nitrogen and oxygen atoms in total. The minimum Gasteiger partial charge on any atom is -0.307 e. The van der Waals surface area contributed by atoms with E-state index < -0.39 is 0 Å². The van der Waals surface area contributed by atoms with Gasteiger partial charge in [-0.15, -0.1) is 0 Å². The molecule has 2 aromatic heterocycles. The van der Waals surface area contributed by atoms with Gasteiger partial charge in [0.2, 0.25) is 0 Å². The molecule has 0 radical (unpaired) electrons. The second-order valence-corrected chi connectivity index (χ2v) is 4.00. The van der Waals surface area contributed by atoms with E-state index in [4.69, 9.17) is 0 Å². The lowest BCUT2D eigenvalue weighted by molar-refractivity contribution is 0.660. The van der Waals surface area contributed by atoms with Crippen LogP contribution < -0.4 is 5.32 Å². The van der Waals surface area contributed by atoms with Gasteiger partial charge in [-0.3, -0.25) is 10.1 Å². The number of rotatable bonds is 4.